The van der Waals surface area contributed by atoms with Crippen molar-refractivity contribution in [2.45, 2.75) is 25.9 Å². The van der Waals surface area contributed by atoms with Crippen LogP contribution in [0.2, 0.25) is 0 Å². The van der Waals surface area contributed by atoms with E-state index in [4.69, 9.17) is 9.47 Å². The maximum Gasteiger partial charge on any atom is 0.340 e. The molecule has 6 heteroatoms. The molecule has 1 unspecified atom stereocenters. The molecule has 0 saturated carbocycles. The second-order valence-corrected chi connectivity index (χ2v) is 6.56. The van der Waals surface area contributed by atoms with E-state index in [0.29, 0.717) is 23.4 Å². The smallest absolute Gasteiger partial charge is 0.340 e. The predicted molar refractivity (Wildman–Crippen MR) is 87.7 cm³/mol. The zero-order chi connectivity index (χ0) is 16.4. The molecule has 0 N–H and O–H groups in total. The molecule has 2 aliphatic rings. The number of nitrogens with zero attached hydrogens (tertiary/aromatic N) is 1. The molecule has 1 aromatic heterocycles. The van der Waals surface area contributed by atoms with Gasteiger partial charge >= 0.3 is 5.97 Å². The summed E-state index contributed by atoms with van der Waals surface area (Å²) < 4.78 is 10.5. The van der Waals surface area contributed by atoms with Crippen molar-refractivity contribution in [1.82, 2.24) is 4.90 Å². The first-order valence-electron chi connectivity index (χ1n) is 7.60. The topological polar surface area (TPSA) is 55.8 Å². The van der Waals surface area contributed by atoms with Crippen LogP contribution in [-0.4, -0.2) is 43.1 Å². The van der Waals surface area contributed by atoms with Crippen LogP contribution in [0.1, 0.15) is 24.6 Å². The van der Waals surface area contributed by atoms with E-state index in [1.54, 1.807) is 17.9 Å². The number of ether oxygens (including phenoxy) is 2. The molecule has 0 aromatic carbocycles. The molecule has 3 rings (SSSR count). The van der Waals surface area contributed by atoms with Crippen molar-refractivity contribution in [3.63, 3.8) is 0 Å². The minimum Gasteiger partial charge on any atom is -0.465 e. The lowest BCUT2D eigenvalue weighted by Crippen LogP contribution is -2.33. The number of hydrogen-bond acceptors (Lipinski definition) is 5. The molecule has 0 radical (unpaired) electrons. The van der Waals surface area contributed by atoms with Gasteiger partial charge in [0, 0.05) is 17.2 Å². The van der Waals surface area contributed by atoms with Gasteiger partial charge in [0.15, 0.2) is 0 Å². The summed E-state index contributed by atoms with van der Waals surface area (Å²) in [6, 6.07) is 3.83. The molecule has 122 valence electrons. The maximum absolute atomic E-state index is 12.8. The Labute approximate surface area is 139 Å². The van der Waals surface area contributed by atoms with Gasteiger partial charge < -0.3 is 14.4 Å². The highest BCUT2D eigenvalue weighted by Crippen LogP contribution is 2.33. The fraction of sp³-hybridized carbons (Fsp3) is 0.412. The first kappa shape index (κ1) is 16.0. The van der Waals surface area contributed by atoms with E-state index >= 15 is 0 Å². The van der Waals surface area contributed by atoms with Crippen molar-refractivity contribution in [3.8, 4) is 0 Å². The fourth-order valence-corrected chi connectivity index (χ4v) is 3.61. The lowest BCUT2D eigenvalue weighted by Gasteiger charge is -2.21. The largest absolute Gasteiger partial charge is 0.465 e. The Hall–Kier alpha value is -1.92. The molecule has 0 aliphatic carbocycles. The van der Waals surface area contributed by atoms with Gasteiger partial charge in [0.25, 0.3) is 5.91 Å². The Morgan fingerprint density at radius 1 is 1.57 bits per heavy atom. The number of methoxy groups -OCH3 is 1. The van der Waals surface area contributed by atoms with E-state index in [1.807, 2.05) is 17.5 Å². The number of carbonyl (C=O) groups excluding carboxylic acids is 2. The van der Waals surface area contributed by atoms with Crippen LogP contribution in [0.3, 0.4) is 0 Å². The zero-order valence-corrected chi connectivity index (χ0v) is 14.0. The minimum atomic E-state index is -0.478. The summed E-state index contributed by atoms with van der Waals surface area (Å²) in [5, 5.41) is 1.93. The Kier molecular flexibility index (Phi) is 4.63. The Bertz CT molecular complexity index is 669. The third-order valence-electron chi connectivity index (χ3n) is 4.14. The van der Waals surface area contributed by atoms with Crippen molar-refractivity contribution in [1.29, 1.82) is 0 Å². The number of hydrogen-bond donors (Lipinski definition) is 0. The number of amides is 1. The second-order valence-electron chi connectivity index (χ2n) is 5.58. The molecule has 5 nitrogen and oxygen atoms in total. The SMILES string of the molecule is COC(=O)C1=C(C)N(CC2CCCO2)C(=O)C1=Cc1cccs1. The molecule has 23 heavy (non-hydrogen) atoms. The number of carbonyl (C=O) groups is 2. The highest BCUT2D eigenvalue weighted by atomic mass is 32.1. The van der Waals surface area contributed by atoms with Crippen LogP contribution in [0.5, 0.6) is 0 Å². The standard InChI is InChI=1S/C17H19NO4S/c1-11-15(17(20)21-2)14(9-13-6-4-8-23-13)16(19)18(11)10-12-5-3-7-22-12/h4,6,8-9,12H,3,5,7,10H2,1-2H3. The molecular formula is C17H19NO4S. The van der Waals surface area contributed by atoms with Gasteiger partial charge in [-0.25, -0.2) is 4.79 Å². The van der Waals surface area contributed by atoms with Crippen LogP contribution in [0, 0.1) is 0 Å². The van der Waals surface area contributed by atoms with Crippen molar-refractivity contribution in [2.24, 2.45) is 0 Å². The van der Waals surface area contributed by atoms with Gasteiger partial charge in [-0.3, -0.25) is 4.79 Å². The monoisotopic (exact) mass is 333 g/mol. The van der Waals surface area contributed by atoms with E-state index in [-0.39, 0.29) is 12.0 Å². The van der Waals surface area contributed by atoms with Crippen LogP contribution in [0.15, 0.2) is 34.4 Å². The van der Waals surface area contributed by atoms with E-state index in [0.717, 1.165) is 24.3 Å². The number of rotatable bonds is 4. The van der Waals surface area contributed by atoms with E-state index in [1.165, 1.54) is 18.4 Å². The Morgan fingerprint density at radius 3 is 3.00 bits per heavy atom. The Balaban J connectivity index is 1.95. The minimum absolute atomic E-state index is 0.0360. The van der Waals surface area contributed by atoms with E-state index < -0.39 is 5.97 Å². The van der Waals surface area contributed by atoms with Crippen molar-refractivity contribution in [2.75, 3.05) is 20.3 Å². The Morgan fingerprint density at radius 2 is 2.39 bits per heavy atom. The maximum atomic E-state index is 12.8. The molecule has 1 saturated heterocycles. The van der Waals surface area contributed by atoms with E-state index in [9.17, 15) is 9.59 Å². The van der Waals surface area contributed by atoms with Gasteiger partial charge in [-0.2, -0.15) is 0 Å². The van der Waals surface area contributed by atoms with Crippen LogP contribution in [-0.2, 0) is 19.1 Å². The first-order valence-corrected chi connectivity index (χ1v) is 8.48. The summed E-state index contributed by atoms with van der Waals surface area (Å²) in [6.45, 7) is 3.00. The van der Waals surface area contributed by atoms with Crippen LogP contribution in [0.25, 0.3) is 6.08 Å². The highest BCUT2D eigenvalue weighted by Gasteiger charge is 2.38. The van der Waals surface area contributed by atoms with Gasteiger partial charge in [0.05, 0.1) is 30.9 Å². The summed E-state index contributed by atoms with van der Waals surface area (Å²) in [6.07, 6.45) is 3.75. The molecule has 1 atom stereocenters. The van der Waals surface area contributed by atoms with E-state index in [2.05, 4.69) is 0 Å². The molecule has 1 fully saturated rings. The molecule has 2 aliphatic heterocycles. The summed E-state index contributed by atoms with van der Waals surface area (Å²) >= 11 is 1.52. The van der Waals surface area contributed by atoms with Crippen LogP contribution in [0.4, 0.5) is 0 Å². The van der Waals surface area contributed by atoms with Crippen molar-refractivity contribution in [3.05, 3.63) is 39.2 Å². The molecular weight excluding hydrogens is 314 g/mol. The van der Waals surface area contributed by atoms with Gasteiger partial charge in [-0.05, 0) is 37.3 Å². The van der Waals surface area contributed by atoms with Gasteiger partial charge in [-0.1, -0.05) is 6.07 Å². The van der Waals surface area contributed by atoms with Gasteiger partial charge in [0.1, 0.15) is 0 Å². The first-order chi connectivity index (χ1) is 11.1. The highest BCUT2D eigenvalue weighted by molar-refractivity contribution is 7.10. The lowest BCUT2D eigenvalue weighted by atomic mass is 10.1. The molecule has 0 spiro atoms. The number of esters is 1. The number of thiophene rings is 1. The van der Waals surface area contributed by atoms with Crippen molar-refractivity contribution >= 4 is 29.3 Å². The fourth-order valence-electron chi connectivity index (χ4n) is 2.96. The predicted octanol–water partition coefficient (Wildman–Crippen LogP) is 2.60. The van der Waals surface area contributed by atoms with Crippen LogP contribution < -0.4 is 0 Å². The molecule has 1 aromatic rings. The third kappa shape index (κ3) is 3.09. The summed E-state index contributed by atoms with van der Waals surface area (Å²) in [7, 11) is 1.33. The van der Waals surface area contributed by atoms with Crippen molar-refractivity contribution < 1.29 is 19.1 Å². The second kappa shape index (κ2) is 6.68. The third-order valence-corrected chi connectivity index (χ3v) is 4.96. The van der Waals surface area contributed by atoms with Gasteiger partial charge in [-0.15, -0.1) is 11.3 Å². The average Bonchev–Trinajstić information content (AvgIpc) is 3.27. The summed E-state index contributed by atoms with van der Waals surface area (Å²) in [4.78, 5) is 27.6. The number of allylic oxidation sites excluding steroid dienone is 1. The molecule has 3 heterocycles. The zero-order valence-electron chi connectivity index (χ0n) is 13.2. The van der Waals surface area contributed by atoms with Crippen LogP contribution >= 0.6 is 11.3 Å². The molecule has 1 amide bonds. The van der Waals surface area contributed by atoms with Gasteiger partial charge in [0.2, 0.25) is 0 Å². The summed E-state index contributed by atoms with van der Waals surface area (Å²) in [5.41, 5.74) is 1.39. The lowest BCUT2D eigenvalue weighted by molar-refractivity contribution is -0.136. The average molecular weight is 333 g/mol. The normalized spacial score (nSPS) is 23.2. The summed E-state index contributed by atoms with van der Waals surface area (Å²) in [5.74, 6) is -0.639. The molecule has 0 bridgehead atoms. The quantitative estimate of drug-likeness (QED) is 0.628.